The zero-order valence-electron chi connectivity index (χ0n) is 14.1. The molecular weight excluding hydrogens is 357 g/mol. The summed E-state index contributed by atoms with van der Waals surface area (Å²) in [5.41, 5.74) is 1.57. The zero-order chi connectivity index (χ0) is 18.4. The molecule has 1 fully saturated rings. The summed E-state index contributed by atoms with van der Waals surface area (Å²) in [4.78, 5) is 18.5. The topological polar surface area (TPSA) is 54.5 Å². The molecule has 3 rings (SSSR count). The van der Waals surface area contributed by atoms with Crippen molar-refractivity contribution in [3.8, 4) is 0 Å². The maximum atomic E-state index is 13.1. The van der Waals surface area contributed by atoms with Gasteiger partial charge in [-0.3, -0.25) is 4.79 Å². The van der Waals surface area contributed by atoms with Crippen LogP contribution in [0.3, 0.4) is 0 Å². The Balaban J connectivity index is 1.50. The lowest BCUT2D eigenvalue weighted by molar-refractivity contribution is -0.116. The van der Waals surface area contributed by atoms with E-state index in [2.05, 4.69) is 15.2 Å². The first-order chi connectivity index (χ1) is 12.6. The number of pyridine rings is 1. The van der Waals surface area contributed by atoms with E-state index in [4.69, 9.17) is 16.3 Å². The molecule has 1 amide bonds. The van der Waals surface area contributed by atoms with Crippen LogP contribution in [0, 0.1) is 5.82 Å². The lowest BCUT2D eigenvalue weighted by Crippen LogP contribution is -2.36. The fourth-order valence-electron chi connectivity index (χ4n) is 2.54. The molecular formula is C19H19ClFN3O2. The van der Waals surface area contributed by atoms with Crippen molar-refractivity contribution in [2.45, 2.75) is 6.54 Å². The summed E-state index contributed by atoms with van der Waals surface area (Å²) in [7, 11) is 0. The number of ether oxygens (including phenoxy) is 1. The Morgan fingerprint density at radius 3 is 2.81 bits per heavy atom. The van der Waals surface area contributed by atoms with Gasteiger partial charge in [-0.05, 0) is 35.4 Å². The lowest BCUT2D eigenvalue weighted by Gasteiger charge is -2.27. The third-order valence-corrected chi connectivity index (χ3v) is 4.27. The molecule has 2 aromatic rings. The van der Waals surface area contributed by atoms with Gasteiger partial charge in [0.05, 0.1) is 18.2 Å². The van der Waals surface area contributed by atoms with Gasteiger partial charge in [0.2, 0.25) is 5.91 Å². The van der Waals surface area contributed by atoms with Crippen LogP contribution in [0.4, 0.5) is 10.2 Å². The van der Waals surface area contributed by atoms with Crippen molar-refractivity contribution < 1.29 is 13.9 Å². The third-order valence-electron chi connectivity index (χ3n) is 3.98. The largest absolute Gasteiger partial charge is 0.378 e. The second-order valence-electron chi connectivity index (χ2n) is 5.85. The molecule has 5 nitrogen and oxygen atoms in total. The summed E-state index contributed by atoms with van der Waals surface area (Å²) in [6, 6.07) is 8.18. The molecule has 1 aromatic heterocycles. The van der Waals surface area contributed by atoms with Gasteiger partial charge in [0.1, 0.15) is 11.6 Å². The number of nitrogens with zero attached hydrogens (tertiary/aromatic N) is 2. The smallest absolute Gasteiger partial charge is 0.244 e. The van der Waals surface area contributed by atoms with Gasteiger partial charge in [0.25, 0.3) is 0 Å². The molecule has 0 unspecified atom stereocenters. The predicted octanol–water partition coefficient (Wildman–Crippen LogP) is 3.04. The molecule has 1 aliphatic rings. The second kappa shape index (κ2) is 8.78. The number of halogens is 2. The minimum atomic E-state index is -0.485. The van der Waals surface area contributed by atoms with Gasteiger partial charge in [0.15, 0.2) is 0 Å². The quantitative estimate of drug-likeness (QED) is 0.816. The molecule has 0 atom stereocenters. The van der Waals surface area contributed by atoms with E-state index in [-0.39, 0.29) is 10.9 Å². The summed E-state index contributed by atoms with van der Waals surface area (Å²) in [6.07, 6.45) is 4.73. The van der Waals surface area contributed by atoms with Gasteiger partial charge < -0.3 is 15.0 Å². The minimum Gasteiger partial charge on any atom is -0.378 e. The molecule has 0 spiro atoms. The maximum absolute atomic E-state index is 13.1. The highest BCUT2D eigenvalue weighted by molar-refractivity contribution is 6.30. The Morgan fingerprint density at radius 1 is 1.31 bits per heavy atom. The molecule has 1 aliphatic heterocycles. The molecule has 0 saturated carbocycles. The highest BCUT2D eigenvalue weighted by Gasteiger charge is 2.11. The maximum Gasteiger partial charge on any atom is 0.244 e. The summed E-state index contributed by atoms with van der Waals surface area (Å²) >= 11 is 5.71. The Bertz CT molecular complexity index is 790. The van der Waals surface area contributed by atoms with Crippen LogP contribution in [0.5, 0.6) is 0 Å². The van der Waals surface area contributed by atoms with E-state index in [9.17, 15) is 9.18 Å². The standard InChI is InChI=1S/C19H19ClFN3O2/c20-16-11-14(1-4-17(16)21)3-6-19(25)23-13-15-2-5-18(22-12-15)24-7-9-26-10-8-24/h1-6,11-12H,7-10,13H2,(H,23,25)/b6-3+. The molecule has 26 heavy (non-hydrogen) atoms. The van der Waals surface area contributed by atoms with Crippen LogP contribution < -0.4 is 10.2 Å². The number of hydrogen-bond acceptors (Lipinski definition) is 4. The van der Waals surface area contributed by atoms with Crippen LogP contribution in [0.2, 0.25) is 5.02 Å². The summed E-state index contributed by atoms with van der Waals surface area (Å²) in [6.45, 7) is 3.47. The van der Waals surface area contributed by atoms with Crippen molar-refractivity contribution in [1.82, 2.24) is 10.3 Å². The monoisotopic (exact) mass is 375 g/mol. The van der Waals surface area contributed by atoms with Gasteiger partial charge in [-0.2, -0.15) is 0 Å². The molecule has 1 N–H and O–H groups in total. The van der Waals surface area contributed by atoms with Crippen molar-refractivity contribution in [2.24, 2.45) is 0 Å². The second-order valence-corrected chi connectivity index (χ2v) is 6.26. The van der Waals surface area contributed by atoms with Crippen LogP contribution in [-0.2, 0) is 16.1 Å². The molecule has 2 heterocycles. The first kappa shape index (κ1) is 18.4. The predicted molar refractivity (Wildman–Crippen MR) is 99.6 cm³/mol. The first-order valence-electron chi connectivity index (χ1n) is 8.30. The van der Waals surface area contributed by atoms with Gasteiger partial charge in [-0.15, -0.1) is 0 Å². The molecule has 0 bridgehead atoms. The number of morpholine rings is 1. The van der Waals surface area contributed by atoms with E-state index in [0.29, 0.717) is 25.3 Å². The Hall–Kier alpha value is -2.44. The molecule has 136 valence electrons. The normalized spacial score (nSPS) is 14.6. The number of anilines is 1. The molecule has 7 heteroatoms. The van der Waals surface area contributed by atoms with Crippen LogP contribution in [0.1, 0.15) is 11.1 Å². The van der Waals surface area contributed by atoms with Gasteiger partial charge in [0, 0.05) is 31.9 Å². The van der Waals surface area contributed by atoms with Gasteiger partial charge in [-0.25, -0.2) is 9.37 Å². The molecule has 0 radical (unpaired) electrons. The van der Waals surface area contributed by atoms with Crippen LogP contribution in [0.15, 0.2) is 42.6 Å². The summed E-state index contributed by atoms with van der Waals surface area (Å²) in [5.74, 6) is 0.181. The SMILES string of the molecule is O=C(/C=C/c1ccc(F)c(Cl)c1)NCc1ccc(N2CCOCC2)nc1. The van der Waals surface area contributed by atoms with E-state index in [1.54, 1.807) is 18.3 Å². The van der Waals surface area contributed by atoms with Crippen molar-refractivity contribution >= 4 is 29.4 Å². The lowest BCUT2D eigenvalue weighted by atomic mass is 10.2. The average Bonchev–Trinajstić information content (AvgIpc) is 2.68. The van der Waals surface area contributed by atoms with E-state index in [1.165, 1.54) is 18.2 Å². The number of carbonyl (C=O) groups is 1. The summed E-state index contributed by atoms with van der Waals surface area (Å²) < 4.78 is 18.4. The van der Waals surface area contributed by atoms with Crippen molar-refractivity contribution in [3.05, 3.63) is 64.6 Å². The number of nitrogens with one attached hydrogen (secondary N) is 1. The van der Waals surface area contributed by atoms with Crippen LogP contribution in [0.25, 0.3) is 6.08 Å². The average molecular weight is 376 g/mol. The van der Waals surface area contributed by atoms with E-state index < -0.39 is 5.82 Å². The van der Waals surface area contributed by atoms with E-state index in [1.807, 2.05) is 12.1 Å². The van der Waals surface area contributed by atoms with Crippen LogP contribution in [-0.4, -0.2) is 37.2 Å². The van der Waals surface area contributed by atoms with Crippen molar-refractivity contribution in [3.63, 3.8) is 0 Å². The summed E-state index contributed by atoms with van der Waals surface area (Å²) in [5, 5.41) is 2.81. The fourth-order valence-corrected chi connectivity index (χ4v) is 2.73. The highest BCUT2D eigenvalue weighted by atomic mass is 35.5. The fraction of sp³-hybridized carbons (Fsp3) is 0.263. The van der Waals surface area contributed by atoms with Gasteiger partial charge in [-0.1, -0.05) is 23.7 Å². The minimum absolute atomic E-state index is 0.0268. The first-order valence-corrected chi connectivity index (χ1v) is 8.68. The number of amides is 1. The van der Waals surface area contributed by atoms with Crippen molar-refractivity contribution in [2.75, 3.05) is 31.2 Å². The molecule has 0 aliphatic carbocycles. The van der Waals surface area contributed by atoms with E-state index >= 15 is 0 Å². The number of hydrogen-bond donors (Lipinski definition) is 1. The molecule has 1 saturated heterocycles. The highest BCUT2D eigenvalue weighted by Crippen LogP contribution is 2.17. The zero-order valence-corrected chi connectivity index (χ0v) is 14.9. The Labute approximate surface area is 156 Å². The van der Waals surface area contributed by atoms with Gasteiger partial charge >= 0.3 is 0 Å². The number of benzene rings is 1. The number of rotatable bonds is 5. The Morgan fingerprint density at radius 2 is 2.12 bits per heavy atom. The Kier molecular flexibility index (Phi) is 6.20. The number of carbonyl (C=O) groups excluding carboxylic acids is 1. The van der Waals surface area contributed by atoms with E-state index in [0.717, 1.165) is 24.5 Å². The van der Waals surface area contributed by atoms with Crippen molar-refractivity contribution in [1.29, 1.82) is 0 Å². The molecule has 1 aromatic carbocycles. The number of aromatic nitrogens is 1. The van der Waals surface area contributed by atoms with Crippen LogP contribution >= 0.6 is 11.6 Å². The third kappa shape index (κ3) is 5.03.